The van der Waals surface area contributed by atoms with Crippen LogP contribution in [0.4, 0.5) is 0 Å². The number of benzene rings is 1. The summed E-state index contributed by atoms with van der Waals surface area (Å²) in [6, 6.07) is 16.1. The van der Waals surface area contributed by atoms with Crippen LogP contribution in [0.2, 0.25) is 0 Å². The molecule has 0 aromatic heterocycles. The van der Waals surface area contributed by atoms with Gasteiger partial charge in [-0.1, -0.05) is 42.5 Å². The van der Waals surface area contributed by atoms with E-state index >= 15 is 0 Å². The summed E-state index contributed by atoms with van der Waals surface area (Å²) < 4.78 is 62.4. The molecule has 0 saturated carbocycles. The standard InChI is InChI=1S/C23H27NO6S2.Na/c1-23(2,25)18-11-13-20-17(16-22(32(28,29)30)21(20)14-12-18)8-6-7-15-24-31(26,27)19-9-4-3-5-10-19;/h3-5,9-14,16,24-25H,6-8,15H2,1-2H3,(H,28,29,30);/q;+1/p-1. The molecule has 0 unspecified atom stereocenters. The zero-order chi connectivity index (χ0) is 23.6. The third kappa shape index (κ3) is 7.10. The Hall–Kier alpha value is -1.30. The Morgan fingerprint density at radius 3 is 2.09 bits per heavy atom. The van der Waals surface area contributed by atoms with E-state index in [1.807, 2.05) is 0 Å². The molecule has 0 radical (unpaired) electrons. The average Bonchev–Trinajstić information content (AvgIpc) is 2.90. The van der Waals surface area contributed by atoms with Gasteiger partial charge in [-0.15, -0.1) is 0 Å². The minimum Gasteiger partial charge on any atom is -0.744 e. The molecule has 0 aliphatic heterocycles. The molecule has 7 nitrogen and oxygen atoms in total. The van der Waals surface area contributed by atoms with E-state index in [0.717, 1.165) is 0 Å². The maximum absolute atomic E-state index is 12.3. The molecule has 2 N–H and O–H groups in total. The first-order valence-electron chi connectivity index (χ1n) is 10.2. The van der Waals surface area contributed by atoms with Crippen LogP contribution >= 0.6 is 0 Å². The second-order valence-electron chi connectivity index (χ2n) is 8.16. The van der Waals surface area contributed by atoms with Crippen LogP contribution < -0.4 is 34.3 Å². The Morgan fingerprint density at radius 2 is 1.52 bits per heavy atom. The number of aryl methyl sites for hydroxylation is 1. The summed E-state index contributed by atoms with van der Waals surface area (Å²) in [6.45, 7) is 3.48. The Balaban J connectivity index is 0.00000385. The number of hydrogen-bond donors (Lipinski definition) is 2. The molecule has 33 heavy (non-hydrogen) atoms. The maximum Gasteiger partial charge on any atom is 1.00 e. The van der Waals surface area contributed by atoms with E-state index in [0.29, 0.717) is 41.5 Å². The molecule has 1 aromatic rings. The van der Waals surface area contributed by atoms with Gasteiger partial charge in [-0.2, -0.15) is 0 Å². The van der Waals surface area contributed by atoms with Gasteiger partial charge in [-0.25, -0.2) is 21.6 Å². The van der Waals surface area contributed by atoms with Gasteiger partial charge in [-0.3, -0.25) is 0 Å². The fraction of sp³-hybridized carbons (Fsp3) is 0.304. The molecule has 2 aliphatic carbocycles. The molecule has 0 heterocycles. The van der Waals surface area contributed by atoms with Crippen molar-refractivity contribution in [3.05, 3.63) is 71.8 Å². The first kappa shape index (κ1) is 27.9. The number of rotatable bonds is 9. The third-order valence-corrected chi connectivity index (χ3v) is 7.61. The summed E-state index contributed by atoms with van der Waals surface area (Å²) in [5.74, 6) is 0. The second kappa shape index (κ2) is 11.0. The number of sulfonamides is 1. The van der Waals surface area contributed by atoms with Crippen molar-refractivity contribution >= 4 is 20.1 Å². The quantitative estimate of drug-likeness (QED) is 0.247. The van der Waals surface area contributed by atoms with E-state index in [2.05, 4.69) is 4.72 Å². The molecule has 2 aliphatic rings. The molecule has 0 saturated heterocycles. The molecule has 0 amide bonds. The van der Waals surface area contributed by atoms with Gasteiger partial charge in [0.2, 0.25) is 10.0 Å². The first-order chi connectivity index (χ1) is 14.9. The van der Waals surface area contributed by atoms with Gasteiger partial charge in [0.05, 0.1) is 15.4 Å². The Bertz CT molecular complexity index is 1270. The van der Waals surface area contributed by atoms with Crippen molar-refractivity contribution in [2.45, 2.75) is 48.5 Å². The van der Waals surface area contributed by atoms with Crippen molar-refractivity contribution in [2.24, 2.45) is 0 Å². The number of unbranched alkanes of at least 4 members (excludes halogenated alkanes) is 1. The van der Waals surface area contributed by atoms with Gasteiger partial charge >= 0.3 is 29.6 Å². The molecular formula is C23H26NNaO6S2. The summed E-state index contributed by atoms with van der Waals surface area (Å²) in [4.78, 5) is -0.0902. The third-order valence-electron chi connectivity index (χ3n) is 5.26. The predicted octanol–water partition coefficient (Wildman–Crippen LogP) is 0.228. The minimum absolute atomic E-state index is 0. The van der Waals surface area contributed by atoms with E-state index in [9.17, 15) is 26.5 Å². The van der Waals surface area contributed by atoms with E-state index in [-0.39, 0.29) is 45.9 Å². The van der Waals surface area contributed by atoms with E-state index < -0.39 is 25.7 Å². The van der Waals surface area contributed by atoms with Crippen LogP contribution in [-0.2, 0) is 32.2 Å². The van der Waals surface area contributed by atoms with Crippen molar-refractivity contribution < 1.29 is 56.1 Å². The predicted molar refractivity (Wildman–Crippen MR) is 121 cm³/mol. The van der Waals surface area contributed by atoms with Crippen LogP contribution in [0, 0.1) is 0 Å². The fourth-order valence-electron chi connectivity index (χ4n) is 3.54. The molecule has 0 atom stereocenters. The number of aliphatic hydroxyl groups is 1. The van der Waals surface area contributed by atoms with Crippen LogP contribution in [-0.4, -0.2) is 33.0 Å². The molecule has 172 valence electrons. The summed E-state index contributed by atoms with van der Waals surface area (Å²) in [5, 5.41) is 10.3. The zero-order valence-corrected chi connectivity index (χ0v) is 22.5. The molecule has 1 aromatic carbocycles. The summed E-state index contributed by atoms with van der Waals surface area (Å²) in [7, 11) is -8.25. The number of fused-ring (bicyclic) bond motifs is 1. The molecule has 3 rings (SSSR count). The Kier molecular flexibility index (Phi) is 9.28. The molecule has 0 fully saturated rings. The van der Waals surface area contributed by atoms with Gasteiger partial charge in [0.1, 0.15) is 10.1 Å². The molecule has 0 bridgehead atoms. The molecular weight excluding hydrogens is 473 g/mol. The summed E-state index contributed by atoms with van der Waals surface area (Å²) in [6.07, 6.45) is 1.60. The van der Waals surface area contributed by atoms with Crippen molar-refractivity contribution in [3.63, 3.8) is 0 Å². The smallest absolute Gasteiger partial charge is 0.744 e. The fourth-order valence-corrected chi connectivity index (χ4v) is 5.37. The topological polar surface area (TPSA) is 124 Å². The van der Waals surface area contributed by atoms with Gasteiger partial charge < -0.3 is 9.66 Å². The van der Waals surface area contributed by atoms with Gasteiger partial charge in [-0.05, 0) is 73.6 Å². The van der Waals surface area contributed by atoms with Crippen LogP contribution in [0.25, 0.3) is 11.1 Å². The van der Waals surface area contributed by atoms with Crippen molar-refractivity contribution in [2.75, 3.05) is 6.54 Å². The largest absolute Gasteiger partial charge is 1.00 e. The summed E-state index contributed by atoms with van der Waals surface area (Å²) in [5.41, 5.74) is 1.10. The average molecular weight is 500 g/mol. The second-order valence-corrected chi connectivity index (χ2v) is 11.3. The van der Waals surface area contributed by atoms with Crippen molar-refractivity contribution in [1.82, 2.24) is 4.72 Å². The summed E-state index contributed by atoms with van der Waals surface area (Å²) >= 11 is 0. The van der Waals surface area contributed by atoms with Crippen LogP contribution in [0.1, 0.15) is 37.8 Å². The van der Waals surface area contributed by atoms with Gasteiger partial charge in [0, 0.05) is 6.54 Å². The van der Waals surface area contributed by atoms with Crippen LogP contribution in [0.15, 0.2) is 70.5 Å². The van der Waals surface area contributed by atoms with E-state index in [1.54, 1.807) is 56.3 Å². The minimum atomic E-state index is -4.68. The Labute approximate surface area is 217 Å². The first-order valence-corrected chi connectivity index (χ1v) is 13.1. The maximum atomic E-state index is 12.3. The van der Waals surface area contributed by atoms with E-state index in [1.165, 1.54) is 18.2 Å². The normalized spacial score (nSPS) is 12.5. The van der Waals surface area contributed by atoms with Gasteiger partial charge in [0.15, 0.2) is 0 Å². The van der Waals surface area contributed by atoms with Crippen LogP contribution in [0.3, 0.4) is 0 Å². The van der Waals surface area contributed by atoms with Crippen LogP contribution in [0.5, 0.6) is 0 Å². The number of hydrogen-bond acceptors (Lipinski definition) is 6. The SMILES string of the molecule is CC(C)(O)c1ccc2c(CCCCNS(=O)(=O)c3ccccc3)cc(S(=O)(=O)[O-])c-2cc1.[Na+]. The zero-order valence-electron chi connectivity index (χ0n) is 18.9. The molecule has 10 heteroatoms. The Morgan fingerprint density at radius 1 is 0.909 bits per heavy atom. The van der Waals surface area contributed by atoms with Crippen molar-refractivity contribution in [3.8, 4) is 11.1 Å². The monoisotopic (exact) mass is 499 g/mol. The molecule has 0 spiro atoms. The van der Waals surface area contributed by atoms with Gasteiger partial charge in [0.25, 0.3) is 0 Å². The van der Waals surface area contributed by atoms with Crippen molar-refractivity contribution in [1.29, 1.82) is 0 Å². The number of nitrogens with one attached hydrogen (secondary N) is 1. The van der Waals surface area contributed by atoms with E-state index in [4.69, 9.17) is 0 Å².